The maximum absolute atomic E-state index is 12.3. The van der Waals surface area contributed by atoms with Crippen LogP contribution in [0, 0.1) is 6.92 Å². The highest BCUT2D eigenvalue weighted by atomic mass is 16.2. The highest BCUT2D eigenvalue weighted by Gasteiger charge is 2.34. The Morgan fingerprint density at radius 3 is 2.12 bits per heavy atom. The van der Waals surface area contributed by atoms with E-state index in [1.807, 2.05) is 12.1 Å². The molecule has 5 nitrogen and oxygen atoms in total. The Labute approximate surface area is 189 Å². The molecule has 0 unspecified atom stereocenters. The van der Waals surface area contributed by atoms with Crippen molar-refractivity contribution < 1.29 is 9.59 Å². The predicted octanol–water partition coefficient (Wildman–Crippen LogP) is 4.63. The van der Waals surface area contributed by atoms with Crippen molar-refractivity contribution in [3.63, 3.8) is 0 Å². The summed E-state index contributed by atoms with van der Waals surface area (Å²) in [5, 5.41) is 4.10. The molecule has 166 valence electrons. The lowest BCUT2D eigenvalue weighted by Gasteiger charge is -2.37. The Morgan fingerprint density at radius 1 is 1.00 bits per heavy atom. The number of carbonyl (C=O) groups is 2. The standard InChI is InChI=1S/C27H31N3O2/c1-16-13-19-20(27(4,5)12-11-26(19,2)3)14-18(16)25(30-28)21-10-9-17(15-29-21)24-22(31)7-6-8-23(24)32/h9-15,24H,6-8,28H2,1-5H3/b30-25-. The number of ketones is 2. The second-order valence-corrected chi connectivity index (χ2v) is 10.2. The highest BCUT2D eigenvalue weighted by molar-refractivity contribution is 6.13. The number of nitrogens with two attached hydrogens (primary N) is 1. The van der Waals surface area contributed by atoms with Gasteiger partial charge in [0.1, 0.15) is 23.2 Å². The Hall–Kier alpha value is -3.08. The van der Waals surface area contributed by atoms with E-state index in [-0.39, 0.29) is 22.4 Å². The average Bonchev–Trinajstić information content (AvgIpc) is 2.74. The molecule has 2 N–H and O–H groups in total. The van der Waals surface area contributed by atoms with Crippen LogP contribution in [0.3, 0.4) is 0 Å². The van der Waals surface area contributed by atoms with Crippen LogP contribution in [0.4, 0.5) is 0 Å². The van der Waals surface area contributed by atoms with Crippen LogP contribution in [0.2, 0.25) is 0 Å². The topological polar surface area (TPSA) is 85.4 Å². The number of aromatic nitrogens is 1. The average molecular weight is 430 g/mol. The quantitative estimate of drug-likeness (QED) is 0.253. The molecule has 1 saturated carbocycles. The van der Waals surface area contributed by atoms with Crippen molar-refractivity contribution in [2.75, 3.05) is 0 Å². The molecule has 2 aliphatic carbocycles. The van der Waals surface area contributed by atoms with Crippen molar-refractivity contribution in [3.8, 4) is 0 Å². The van der Waals surface area contributed by atoms with Crippen molar-refractivity contribution in [1.82, 2.24) is 4.98 Å². The van der Waals surface area contributed by atoms with Gasteiger partial charge in [-0.05, 0) is 47.7 Å². The van der Waals surface area contributed by atoms with E-state index in [0.717, 1.165) is 11.1 Å². The fourth-order valence-corrected chi connectivity index (χ4v) is 4.89. The molecule has 0 aliphatic heterocycles. The Balaban J connectivity index is 1.74. The monoisotopic (exact) mass is 429 g/mol. The lowest BCUT2D eigenvalue weighted by molar-refractivity contribution is -0.131. The summed E-state index contributed by atoms with van der Waals surface area (Å²) >= 11 is 0. The Kier molecular flexibility index (Phi) is 5.40. The summed E-state index contributed by atoms with van der Waals surface area (Å²) in [6.45, 7) is 10.9. The fraction of sp³-hybridized carbons (Fsp3) is 0.407. The van der Waals surface area contributed by atoms with Crippen LogP contribution in [-0.4, -0.2) is 22.3 Å². The zero-order valence-corrected chi connectivity index (χ0v) is 19.5. The number of carbonyl (C=O) groups excluding carboxylic acids is 2. The molecule has 1 aromatic carbocycles. The number of allylic oxidation sites excluding steroid dienone is 2. The third-order valence-corrected chi connectivity index (χ3v) is 6.91. The molecule has 5 heteroatoms. The van der Waals surface area contributed by atoms with Crippen LogP contribution in [0.15, 0.2) is 47.7 Å². The molecule has 32 heavy (non-hydrogen) atoms. The number of pyridine rings is 1. The van der Waals surface area contributed by atoms with Gasteiger partial charge in [-0.3, -0.25) is 14.6 Å². The van der Waals surface area contributed by atoms with Gasteiger partial charge in [0.15, 0.2) is 0 Å². The summed E-state index contributed by atoms with van der Waals surface area (Å²) in [7, 11) is 0. The van der Waals surface area contributed by atoms with Gasteiger partial charge in [-0.15, -0.1) is 0 Å². The highest BCUT2D eigenvalue weighted by Crippen LogP contribution is 2.42. The summed E-state index contributed by atoms with van der Waals surface area (Å²) in [6.07, 6.45) is 7.70. The summed E-state index contributed by atoms with van der Waals surface area (Å²) in [4.78, 5) is 29.2. The van der Waals surface area contributed by atoms with Gasteiger partial charge < -0.3 is 5.84 Å². The molecular formula is C27H31N3O2. The molecule has 1 aromatic heterocycles. The largest absolute Gasteiger partial charge is 0.323 e. The smallest absolute Gasteiger partial charge is 0.147 e. The lowest BCUT2D eigenvalue weighted by atomic mass is 9.67. The first-order valence-corrected chi connectivity index (χ1v) is 11.2. The minimum Gasteiger partial charge on any atom is -0.323 e. The molecule has 1 fully saturated rings. The van der Waals surface area contributed by atoms with Crippen molar-refractivity contribution in [1.29, 1.82) is 0 Å². The first kappa shape index (κ1) is 22.1. The van der Waals surface area contributed by atoms with E-state index in [9.17, 15) is 9.59 Å². The third kappa shape index (κ3) is 3.70. The summed E-state index contributed by atoms with van der Waals surface area (Å²) < 4.78 is 0. The van der Waals surface area contributed by atoms with E-state index in [4.69, 9.17) is 5.84 Å². The third-order valence-electron chi connectivity index (χ3n) is 6.91. The number of nitrogens with zero attached hydrogens (tertiary/aromatic N) is 2. The van der Waals surface area contributed by atoms with Gasteiger partial charge in [-0.1, -0.05) is 52.0 Å². The van der Waals surface area contributed by atoms with Crippen LogP contribution < -0.4 is 5.84 Å². The number of hydrogen-bond acceptors (Lipinski definition) is 5. The predicted molar refractivity (Wildman–Crippen MR) is 127 cm³/mol. The fourth-order valence-electron chi connectivity index (χ4n) is 4.89. The van der Waals surface area contributed by atoms with Gasteiger partial charge in [0.2, 0.25) is 0 Å². The first-order valence-electron chi connectivity index (χ1n) is 11.2. The Morgan fingerprint density at radius 2 is 1.59 bits per heavy atom. The number of aryl methyl sites for hydroxylation is 1. The zero-order valence-electron chi connectivity index (χ0n) is 19.5. The second kappa shape index (κ2) is 7.80. The Bertz CT molecular complexity index is 1140. The van der Waals surface area contributed by atoms with Gasteiger partial charge in [-0.25, -0.2) is 0 Å². The molecular weight excluding hydrogens is 398 g/mol. The molecule has 0 amide bonds. The van der Waals surface area contributed by atoms with Crippen LogP contribution in [-0.2, 0) is 20.4 Å². The van der Waals surface area contributed by atoms with E-state index >= 15 is 0 Å². The lowest BCUT2D eigenvalue weighted by Crippen LogP contribution is -2.30. The van der Waals surface area contributed by atoms with Crippen molar-refractivity contribution in [2.45, 2.75) is 70.6 Å². The molecule has 0 radical (unpaired) electrons. The maximum atomic E-state index is 12.3. The molecule has 0 spiro atoms. The molecule has 0 saturated heterocycles. The minimum absolute atomic E-state index is 0.0213. The van der Waals surface area contributed by atoms with Gasteiger partial charge in [0, 0.05) is 35.4 Å². The normalized spacial score (nSPS) is 20.3. The molecule has 0 bridgehead atoms. The van der Waals surface area contributed by atoms with Crippen LogP contribution in [0.25, 0.3) is 0 Å². The van der Waals surface area contributed by atoms with E-state index in [2.05, 4.69) is 69.0 Å². The molecule has 2 aromatic rings. The molecule has 4 rings (SSSR count). The van der Waals surface area contributed by atoms with E-state index in [1.54, 1.807) is 6.20 Å². The number of hydrazone groups is 1. The number of benzene rings is 1. The van der Waals surface area contributed by atoms with Gasteiger partial charge in [-0.2, -0.15) is 5.10 Å². The van der Waals surface area contributed by atoms with E-state index in [1.165, 1.54) is 11.1 Å². The van der Waals surface area contributed by atoms with Crippen molar-refractivity contribution in [3.05, 3.63) is 76.1 Å². The SMILES string of the molecule is Cc1cc2c(cc1/C(=N/N)c1ccc(C3C(=O)CCCC3=O)cn1)C(C)(C)C=CC2(C)C. The van der Waals surface area contributed by atoms with E-state index < -0.39 is 5.92 Å². The summed E-state index contributed by atoms with van der Waals surface area (Å²) in [6, 6.07) is 8.03. The van der Waals surface area contributed by atoms with Crippen LogP contribution in [0.1, 0.15) is 86.4 Å². The van der Waals surface area contributed by atoms with E-state index in [0.29, 0.717) is 36.2 Å². The van der Waals surface area contributed by atoms with Crippen molar-refractivity contribution >= 4 is 17.3 Å². The minimum atomic E-state index is -0.691. The number of hydrogen-bond donors (Lipinski definition) is 1. The summed E-state index contributed by atoms with van der Waals surface area (Å²) in [5.74, 6) is 5.12. The van der Waals surface area contributed by atoms with Crippen LogP contribution in [0.5, 0.6) is 0 Å². The molecule has 0 atom stereocenters. The molecule has 1 heterocycles. The first-order chi connectivity index (χ1) is 15.0. The second-order valence-electron chi connectivity index (χ2n) is 10.2. The number of Topliss-reactive ketones (excluding diaryl/α,β-unsaturated/α-hetero) is 2. The van der Waals surface area contributed by atoms with Gasteiger partial charge >= 0.3 is 0 Å². The van der Waals surface area contributed by atoms with Crippen molar-refractivity contribution in [2.24, 2.45) is 10.9 Å². The maximum Gasteiger partial charge on any atom is 0.147 e. The summed E-state index contributed by atoms with van der Waals surface area (Å²) in [5.41, 5.74) is 6.29. The zero-order chi connectivity index (χ0) is 23.3. The number of rotatable bonds is 3. The van der Waals surface area contributed by atoms with Gasteiger partial charge in [0.05, 0.1) is 5.69 Å². The van der Waals surface area contributed by atoms with Crippen LogP contribution >= 0.6 is 0 Å². The number of fused-ring (bicyclic) bond motifs is 1. The van der Waals surface area contributed by atoms with Gasteiger partial charge in [0.25, 0.3) is 0 Å². The molecule has 2 aliphatic rings.